The topological polar surface area (TPSA) is 118 Å². The second-order valence-electron chi connectivity index (χ2n) is 7.66. The maximum absolute atomic E-state index is 15.1. The zero-order chi connectivity index (χ0) is 21.6. The van der Waals surface area contributed by atoms with Gasteiger partial charge in [-0.25, -0.2) is 4.39 Å². The van der Waals surface area contributed by atoms with E-state index >= 15 is 4.39 Å². The molecule has 2 heterocycles. The zero-order valence-electron chi connectivity index (χ0n) is 16.6. The quantitative estimate of drug-likeness (QED) is 0.572. The number of halogens is 1. The Kier molecular flexibility index (Phi) is 4.70. The monoisotopic (exact) mass is 408 g/mol. The lowest BCUT2D eigenvalue weighted by Crippen LogP contribution is -2.24. The number of anilines is 1. The van der Waals surface area contributed by atoms with Crippen LogP contribution in [0.1, 0.15) is 27.1 Å². The lowest BCUT2D eigenvalue weighted by Gasteiger charge is -2.16. The molecule has 1 aromatic heterocycles. The maximum Gasteiger partial charge on any atom is 0.253 e. The van der Waals surface area contributed by atoms with Gasteiger partial charge in [0.25, 0.3) is 11.8 Å². The number of rotatable bonds is 4. The summed E-state index contributed by atoms with van der Waals surface area (Å²) < 4.78 is 15.1. The second kappa shape index (κ2) is 7.22. The van der Waals surface area contributed by atoms with Gasteiger partial charge in [-0.3, -0.25) is 9.59 Å². The number of fused-ring (bicyclic) bond motifs is 3. The summed E-state index contributed by atoms with van der Waals surface area (Å²) in [4.78, 5) is 30.5. The highest BCUT2D eigenvalue weighted by Crippen LogP contribution is 2.37. The van der Waals surface area contributed by atoms with Gasteiger partial charge in [-0.1, -0.05) is 6.07 Å². The van der Waals surface area contributed by atoms with E-state index in [4.69, 9.17) is 11.0 Å². The second-order valence-corrected chi connectivity index (χ2v) is 7.66. The Labute approximate surface area is 172 Å². The fourth-order valence-corrected chi connectivity index (χ4v) is 3.95. The van der Waals surface area contributed by atoms with E-state index in [2.05, 4.69) is 16.5 Å². The van der Waals surface area contributed by atoms with Crippen molar-refractivity contribution in [1.82, 2.24) is 14.8 Å². The minimum Gasteiger partial charge on any atom is -0.377 e. The molecule has 8 nitrogen and oxygen atoms in total. The minimum absolute atomic E-state index is 0.0369. The molecule has 30 heavy (non-hydrogen) atoms. The molecular formula is C21H21FN6O2. The number of H-pyrrole nitrogens is 1. The van der Waals surface area contributed by atoms with Crippen molar-refractivity contribution in [3.63, 3.8) is 0 Å². The first-order valence-corrected chi connectivity index (χ1v) is 9.50. The smallest absolute Gasteiger partial charge is 0.253 e. The maximum atomic E-state index is 15.1. The number of nitriles is 1. The van der Waals surface area contributed by atoms with Crippen molar-refractivity contribution < 1.29 is 14.0 Å². The van der Waals surface area contributed by atoms with Crippen LogP contribution in [0.25, 0.3) is 21.8 Å². The van der Waals surface area contributed by atoms with E-state index < -0.39 is 11.7 Å². The van der Waals surface area contributed by atoms with Crippen LogP contribution in [0.2, 0.25) is 0 Å². The summed E-state index contributed by atoms with van der Waals surface area (Å²) in [5.74, 6) is -1.52. The van der Waals surface area contributed by atoms with E-state index in [1.165, 1.54) is 4.90 Å². The Hall–Kier alpha value is -3.80. The molecule has 1 aliphatic rings. The SMILES string of the molecule is CN(C)C(=O)c1ccc2c(c1)[nH]c1c(C(N)=O)cc(F)c(NC3CCN(C#N)C3)c12. The third-order valence-corrected chi connectivity index (χ3v) is 5.42. The average molecular weight is 408 g/mol. The summed E-state index contributed by atoms with van der Waals surface area (Å²) in [6.45, 7) is 1.07. The Morgan fingerprint density at radius 1 is 1.37 bits per heavy atom. The molecule has 1 aliphatic heterocycles. The number of amides is 2. The van der Waals surface area contributed by atoms with Gasteiger partial charge in [-0.05, 0) is 24.6 Å². The molecule has 1 fully saturated rings. The predicted octanol–water partition coefficient (Wildman–Crippen LogP) is 2.23. The standard InChI is InChI=1S/C21H21FN6O2/c1-27(2)21(30)11-3-4-13-16(7-11)26-18-14(20(24)29)8-15(22)19(17(13)18)25-12-5-6-28(9-12)10-23/h3-4,7-8,12,25-26H,5-6,9H2,1-2H3,(H2,24,29). The van der Waals surface area contributed by atoms with E-state index in [9.17, 15) is 9.59 Å². The normalized spacial score (nSPS) is 16.1. The third-order valence-electron chi connectivity index (χ3n) is 5.42. The molecule has 0 spiro atoms. The van der Waals surface area contributed by atoms with Gasteiger partial charge >= 0.3 is 0 Å². The van der Waals surface area contributed by atoms with Crippen molar-refractivity contribution in [2.75, 3.05) is 32.5 Å². The van der Waals surface area contributed by atoms with Crippen LogP contribution in [-0.4, -0.2) is 59.8 Å². The largest absolute Gasteiger partial charge is 0.377 e. The average Bonchev–Trinajstić information content (AvgIpc) is 3.32. The Morgan fingerprint density at radius 3 is 2.77 bits per heavy atom. The van der Waals surface area contributed by atoms with E-state index in [1.807, 2.05) is 0 Å². The van der Waals surface area contributed by atoms with Gasteiger partial charge in [-0.15, -0.1) is 0 Å². The van der Waals surface area contributed by atoms with Gasteiger partial charge in [-0.2, -0.15) is 5.26 Å². The number of nitrogens with one attached hydrogen (secondary N) is 2. The van der Waals surface area contributed by atoms with Gasteiger partial charge in [0, 0.05) is 55.1 Å². The lowest BCUT2D eigenvalue weighted by molar-refractivity contribution is 0.0827. The summed E-state index contributed by atoms with van der Waals surface area (Å²) in [6.07, 6.45) is 2.79. The number of likely N-dealkylation sites (tertiary alicyclic amines) is 1. The van der Waals surface area contributed by atoms with Crippen molar-refractivity contribution in [2.24, 2.45) is 5.73 Å². The zero-order valence-corrected chi connectivity index (χ0v) is 16.6. The van der Waals surface area contributed by atoms with Gasteiger partial charge in [0.05, 0.1) is 16.8 Å². The summed E-state index contributed by atoms with van der Waals surface area (Å²) >= 11 is 0. The van der Waals surface area contributed by atoms with Crippen molar-refractivity contribution in [3.8, 4) is 6.19 Å². The number of carbonyl (C=O) groups excluding carboxylic acids is 2. The molecule has 1 atom stereocenters. The van der Waals surface area contributed by atoms with E-state index in [-0.39, 0.29) is 23.2 Å². The van der Waals surface area contributed by atoms with E-state index in [0.717, 1.165) is 6.07 Å². The minimum atomic E-state index is -0.752. The molecule has 0 radical (unpaired) electrons. The fourth-order valence-electron chi connectivity index (χ4n) is 3.95. The molecule has 0 saturated carbocycles. The van der Waals surface area contributed by atoms with Gasteiger partial charge in [0.15, 0.2) is 6.19 Å². The molecule has 2 aromatic carbocycles. The number of hydrogen-bond acceptors (Lipinski definition) is 5. The summed E-state index contributed by atoms with van der Waals surface area (Å²) in [5.41, 5.74) is 7.25. The van der Waals surface area contributed by atoms with Gasteiger partial charge in [0.1, 0.15) is 5.82 Å². The molecule has 1 unspecified atom stereocenters. The summed E-state index contributed by atoms with van der Waals surface area (Å²) in [6, 6.07) is 6.09. The molecule has 9 heteroatoms. The van der Waals surface area contributed by atoms with Crippen LogP contribution in [0.4, 0.5) is 10.1 Å². The molecule has 2 amide bonds. The van der Waals surface area contributed by atoms with E-state index in [0.29, 0.717) is 46.9 Å². The number of aromatic amines is 1. The summed E-state index contributed by atoms with van der Waals surface area (Å²) in [5, 5.41) is 13.4. The molecule has 4 rings (SSSR count). The van der Waals surface area contributed by atoms with Crippen LogP contribution in [0, 0.1) is 17.3 Å². The van der Waals surface area contributed by atoms with Crippen molar-refractivity contribution in [1.29, 1.82) is 5.26 Å². The first-order valence-electron chi connectivity index (χ1n) is 9.50. The highest BCUT2D eigenvalue weighted by Gasteiger charge is 2.26. The Morgan fingerprint density at radius 2 is 2.13 bits per heavy atom. The van der Waals surface area contributed by atoms with Crippen molar-refractivity contribution in [2.45, 2.75) is 12.5 Å². The molecule has 154 valence electrons. The highest BCUT2D eigenvalue weighted by molar-refractivity contribution is 6.20. The highest BCUT2D eigenvalue weighted by atomic mass is 19.1. The predicted molar refractivity (Wildman–Crippen MR) is 112 cm³/mol. The summed E-state index contributed by atoms with van der Waals surface area (Å²) in [7, 11) is 3.32. The number of hydrogen-bond donors (Lipinski definition) is 3. The third kappa shape index (κ3) is 3.16. The number of nitrogens with two attached hydrogens (primary N) is 1. The van der Waals surface area contributed by atoms with Crippen LogP contribution in [0.15, 0.2) is 24.3 Å². The molecule has 0 aliphatic carbocycles. The first kappa shape index (κ1) is 19.5. The van der Waals surface area contributed by atoms with E-state index in [1.54, 1.807) is 37.2 Å². The van der Waals surface area contributed by atoms with Gasteiger partial charge < -0.3 is 25.8 Å². The molecule has 1 saturated heterocycles. The number of carbonyl (C=O) groups is 2. The van der Waals surface area contributed by atoms with Crippen LogP contribution in [0.5, 0.6) is 0 Å². The van der Waals surface area contributed by atoms with Crippen molar-refractivity contribution in [3.05, 3.63) is 41.2 Å². The van der Waals surface area contributed by atoms with Crippen LogP contribution in [-0.2, 0) is 0 Å². The molecule has 0 bridgehead atoms. The Bertz CT molecular complexity index is 1230. The number of nitrogens with zero attached hydrogens (tertiary/aromatic N) is 3. The van der Waals surface area contributed by atoms with Crippen LogP contribution >= 0.6 is 0 Å². The number of primary amides is 1. The lowest BCUT2D eigenvalue weighted by atomic mass is 10.0. The number of benzene rings is 2. The van der Waals surface area contributed by atoms with Crippen LogP contribution in [0.3, 0.4) is 0 Å². The molecule has 4 N–H and O–H groups in total. The fraction of sp³-hybridized carbons (Fsp3) is 0.286. The van der Waals surface area contributed by atoms with Crippen LogP contribution < -0.4 is 11.1 Å². The van der Waals surface area contributed by atoms with Gasteiger partial charge in [0.2, 0.25) is 0 Å². The Balaban J connectivity index is 1.91. The molecular weight excluding hydrogens is 387 g/mol. The van der Waals surface area contributed by atoms with Crippen molar-refractivity contribution >= 4 is 39.3 Å². The number of aromatic nitrogens is 1. The molecule has 3 aromatic rings. The first-order chi connectivity index (χ1) is 14.3.